The van der Waals surface area contributed by atoms with E-state index in [1.54, 1.807) is 12.4 Å². The molecule has 6 nitrogen and oxygen atoms in total. The molecular formula is C21H26N4O2. The maximum Gasteiger partial charge on any atom is 0.258 e. The first-order valence-electron chi connectivity index (χ1n) is 10.2. The number of nitrogens with zero attached hydrogens (tertiary/aromatic N) is 4. The van der Waals surface area contributed by atoms with Crippen LogP contribution in [0.4, 0.5) is 0 Å². The first-order chi connectivity index (χ1) is 13.2. The Morgan fingerprint density at radius 1 is 1.11 bits per heavy atom. The molecule has 3 heterocycles. The molecule has 2 aromatic rings. The molecule has 1 saturated heterocycles. The summed E-state index contributed by atoms with van der Waals surface area (Å²) in [6, 6.07) is 3.79. The van der Waals surface area contributed by atoms with E-state index in [1.165, 1.54) is 25.7 Å². The van der Waals surface area contributed by atoms with E-state index < -0.39 is 0 Å². The first kappa shape index (κ1) is 16.9. The van der Waals surface area contributed by atoms with E-state index in [-0.39, 0.29) is 5.41 Å². The molecule has 2 aliphatic carbocycles. The third kappa shape index (κ3) is 3.62. The summed E-state index contributed by atoms with van der Waals surface area (Å²) >= 11 is 0. The Labute approximate surface area is 159 Å². The molecule has 5 rings (SSSR count). The third-order valence-electron chi connectivity index (χ3n) is 6.44. The van der Waals surface area contributed by atoms with Crippen LogP contribution in [0.15, 0.2) is 29.0 Å². The van der Waals surface area contributed by atoms with Crippen LogP contribution >= 0.6 is 0 Å². The number of pyridine rings is 1. The molecule has 1 aliphatic heterocycles. The molecule has 2 aromatic heterocycles. The van der Waals surface area contributed by atoms with Crippen molar-refractivity contribution in [2.75, 3.05) is 13.1 Å². The summed E-state index contributed by atoms with van der Waals surface area (Å²) in [7, 11) is 0. The van der Waals surface area contributed by atoms with E-state index in [4.69, 9.17) is 9.51 Å². The Balaban J connectivity index is 1.34. The molecule has 0 atom stereocenters. The van der Waals surface area contributed by atoms with E-state index in [0.29, 0.717) is 17.7 Å². The van der Waals surface area contributed by atoms with Crippen molar-refractivity contribution < 1.29 is 9.32 Å². The Hall–Kier alpha value is -2.24. The van der Waals surface area contributed by atoms with Crippen molar-refractivity contribution in [2.45, 2.75) is 56.8 Å². The van der Waals surface area contributed by atoms with E-state index in [9.17, 15) is 4.79 Å². The van der Waals surface area contributed by atoms with E-state index in [2.05, 4.69) is 15.0 Å². The number of hydrogen-bond acceptors (Lipinski definition) is 5. The van der Waals surface area contributed by atoms with Crippen molar-refractivity contribution in [1.82, 2.24) is 20.0 Å². The van der Waals surface area contributed by atoms with Gasteiger partial charge >= 0.3 is 0 Å². The Morgan fingerprint density at radius 3 is 2.48 bits per heavy atom. The zero-order valence-corrected chi connectivity index (χ0v) is 15.6. The van der Waals surface area contributed by atoms with Crippen molar-refractivity contribution in [2.24, 2.45) is 11.8 Å². The highest BCUT2D eigenvalue weighted by molar-refractivity contribution is 5.76. The summed E-state index contributed by atoms with van der Waals surface area (Å²) in [5.74, 6) is 3.16. The predicted molar refractivity (Wildman–Crippen MR) is 99.7 cm³/mol. The minimum Gasteiger partial charge on any atom is -0.343 e. The molecule has 0 bridgehead atoms. The highest BCUT2D eigenvalue weighted by atomic mass is 16.5. The molecule has 142 valence electrons. The lowest BCUT2D eigenvalue weighted by Gasteiger charge is -2.40. The van der Waals surface area contributed by atoms with Crippen LogP contribution in [0.2, 0.25) is 0 Å². The number of aromatic nitrogens is 3. The first-order valence-corrected chi connectivity index (χ1v) is 10.2. The number of likely N-dealkylation sites (tertiary alicyclic amines) is 1. The number of piperidine rings is 1. The second-order valence-corrected chi connectivity index (χ2v) is 8.62. The maximum atomic E-state index is 12.5. The van der Waals surface area contributed by atoms with Crippen LogP contribution < -0.4 is 0 Å². The van der Waals surface area contributed by atoms with E-state index >= 15 is 0 Å². The van der Waals surface area contributed by atoms with E-state index in [1.807, 2.05) is 12.1 Å². The molecule has 0 spiro atoms. The Kier molecular flexibility index (Phi) is 4.21. The highest BCUT2D eigenvalue weighted by Gasteiger charge is 2.45. The molecule has 27 heavy (non-hydrogen) atoms. The van der Waals surface area contributed by atoms with Gasteiger partial charge in [0, 0.05) is 42.9 Å². The lowest BCUT2D eigenvalue weighted by Crippen LogP contribution is -2.46. The normalized spacial score (nSPS) is 22.0. The van der Waals surface area contributed by atoms with Crippen LogP contribution in [0.5, 0.6) is 0 Å². The summed E-state index contributed by atoms with van der Waals surface area (Å²) in [5.41, 5.74) is 0.856. The van der Waals surface area contributed by atoms with Gasteiger partial charge in [0.15, 0.2) is 5.82 Å². The Morgan fingerprint density at radius 2 is 1.81 bits per heavy atom. The molecule has 6 heteroatoms. The van der Waals surface area contributed by atoms with Gasteiger partial charge in [-0.1, -0.05) is 18.0 Å². The zero-order valence-electron chi connectivity index (χ0n) is 15.6. The van der Waals surface area contributed by atoms with Crippen LogP contribution in [-0.4, -0.2) is 39.0 Å². The molecule has 3 fully saturated rings. The number of carbonyl (C=O) groups excluding carboxylic acids is 1. The fraction of sp³-hybridized carbons (Fsp3) is 0.619. The van der Waals surface area contributed by atoms with Crippen LogP contribution in [0.1, 0.15) is 57.2 Å². The average Bonchev–Trinajstić information content (AvgIpc) is 3.63. The minimum absolute atomic E-state index is 0.0493. The van der Waals surface area contributed by atoms with Gasteiger partial charge in [0.25, 0.3) is 5.89 Å². The van der Waals surface area contributed by atoms with Gasteiger partial charge < -0.3 is 9.42 Å². The van der Waals surface area contributed by atoms with Gasteiger partial charge in [-0.05, 0) is 56.1 Å². The molecule has 0 N–H and O–H groups in total. The summed E-state index contributed by atoms with van der Waals surface area (Å²) in [6.45, 7) is 1.63. The van der Waals surface area contributed by atoms with Crippen LogP contribution in [0.3, 0.4) is 0 Å². The number of hydrogen-bond donors (Lipinski definition) is 0. The lowest BCUT2D eigenvalue weighted by atomic mass is 9.73. The van der Waals surface area contributed by atoms with Gasteiger partial charge in [0.05, 0.1) is 0 Å². The third-order valence-corrected chi connectivity index (χ3v) is 6.44. The van der Waals surface area contributed by atoms with E-state index in [0.717, 1.165) is 56.1 Å². The predicted octanol–water partition coefficient (Wildman–Crippen LogP) is 3.59. The second-order valence-electron chi connectivity index (χ2n) is 8.62. The van der Waals surface area contributed by atoms with Gasteiger partial charge in [0.1, 0.15) is 0 Å². The fourth-order valence-corrected chi connectivity index (χ4v) is 4.33. The minimum atomic E-state index is -0.0493. The molecule has 0 radical (unpaired) electrons. The molecule has 2 saturated carbocycles. The number of amides is 1. The second kappa shape index (κ2) is 6.73. The smallest absolute Gasteiger partial charge is 0.258 e. The Bertz CT molecular complexity index is 803. The van der Waals surface area contributed by atoms with Gasteiger partial charge in [0.2, 0.25) is 5.91 Å². The fourth-order valence-electron chi connectivity index (χ4n) is 4.33. The average molecular weight is 366 g/mol. The van der Waals surface area contributed by atoms with Crippen molar-refractivity contribution in [3.05, 3.63) is 30.4 Å². The summed E-state index contributed by atoms with van der Waals surface area (Å²) in [5, 5.41) is 4.39. The topological polar surface area (TPSA) is 72.1 Å². The maximum absolute atomic E-state index is 12.5. The molecule has 0 unspecified atom stereocenters. The summed E-state index contributed by atoms with van der Waals surface area (Å²) in [6.07, 6.45) is 12.3. The number of rotatable bonds is 6. The quantitative estimate of drug-likeness (QED) is 0.781. The standard InChI is InChI=1S/C21H26N4O2/c26-18(13-15-1-2-15)25-11-7-21(8-12-25,14-16-3-4-16)20-23-19(27-24-20)17-5-9-22-10-6-17/h5-6,9-10,15-16H,1-4,7-8,11-14H2. The van der Waals surface area contributed by atoms with Gasteiger partial charge in [-0.25, -0.2) is 0 Å². The van der Waals surface area contributed by atoms with Crippen molar-refractivity contribution in [1.29, 1.82) is 0 Å². The van der Waals surface area contributed by atoms with Crippen LogP contribution in [-0.2, 0) is 10.2 Å². The summed E-state index contributed by atoms with van der Waals surface area (Å²) < 4.78 is 5.60. The van der Waals surface area contributed by atoms with Gasteiger partial charge in [-0.2, -0.15) is 4.98 Å². The lowest BCUT2D eigenvalue weighted by molar-refractivity contribution is -0.133. The SMILES string of the molecule is O=C(CC1CC1)N1CCC(CC2CC2)(c2noc(-c3ccncc3)n2)CC1. The van der Waals surface area contributed by atoms with Crippen LogP contribution in [0, 0.1) is 11.8 Å². The van der Waals surface area contributed by atoms with Crippen molar-refractivity contribution in [3.8, 4) is 11.5 Å². The number of carbonyl (C=O) groups is 1. The largest absolute Gasteiger partial charge is 0.343 e. The molecular weight excluding hydrogens is 340 g/mol. The monoisotopic (exact) mass is 366 g/mol. The molecule has 0 aromatic carbocycles. The summed E-state index contributed by atoms with van der Waals surface area (Å²) in [4.78, 5) is 23.4. The van der Waals surface area contributed by atoms with Gasteiger partial charge in [-0.3, -0.25) is 9.78 Å². The van der Waals surface area contributed by atoms with Crippen molar-refractivity contribution in [3.63, 3.8) is 0 Å². The highest BCUT2D eigenvalue weighted by Crippen LogP contribution is 2.47. The van der Waals surface area contributed by atoms with Crippen LogP contribution in [0.25, 0.3) is 11.5 Å². The van der Waals surface area contributed by atoms with Gasteiger partial charge in [-0.15, -0.1) is 0 Å². The molecule has 3 aliphatic rings. The van der Waals surface area contributed by atoms with Crippen molar-refractivity contribution >= 4 is 5.91 Å². The zero-order chi connectivity index (χ0) is 18.3. The molecule has 1 amide bonds.